The van der Waals surface area contributed by atoms with Crippen molar-refractivity contribution in [2.75, 3.05) is 32.1 Å². The van der Waals surface area contributed by atoms with Crippen molar-refractivity contribution in [1.29, 1.82) is 0 Å². The van der Waals surface area contributed by atoms with Crippen molar-refractivity contribution in [1.82, 2.24) is 14.4 Å². The fourth-order valence-electron chi connectivity index (χ4n) is 3.30. The number of hydrogen-bond acceptors (Lipinski definition) is 4. The molecule has 3 amide bonds. The van der Waals surface area contributed by atoms with Crippen LogP contribution in [0.1, 0.15) is 17.0 Å². The van der Waals surface area contributed by atoms with E-state index < -0.39 is 0 Å². The smallest absolute Gasteiger partial charge is 0.322 e. The van der Waals surface area contributed by atoms with E-state index in [-0.39, 0.29) is 18.5 Å². The van der Waals surface area contributed by atoms with E-state index >= 15 is 0 Å². The number of aromatic nitrogens is 1. The van der Waals surface area contributed by atoms with E-state index in [0.29, 0.717) is 37.7 Å². The van der Waals surface area contributed by atoms with E-state index in [4.69, 9.17) is 9.15 Å². The molecule has 0 aliphatic rings. The summed E-state index contributed by atoms with van der Waals surface area (Å²) >= 11 is 0. The molecule has 170 valence electrons. The van der Waals surface area contributed by atoms with E-state index in [1.165, 1.54) is 4.90 Å². The van der Waals surface area contributed by atoms with Crippen LogP contribution >= 0.6 is 0 Å². The van der Waals surface area contributed by atoms with Crippen LogP contribution in [0.25, 0.3) is 0 Å². The van der Waals surface area contributed by atoms with Crippen LogP contribution in [-0.4, -0.2) is 53.1 Å². The van der Waals surface area contributed by atoms with Gasteiger partial charge in [0.25, 0.3) is 0 Å². The molecule has 3 rings (SSSR count). The van der Waals surface area contributed by atoms with Gasteiger partial charge >= 0.3 is 6.03 Å². The third kappa shape index (κ3) is 6.24. The SMILES string of the molecule is COCCN(CC(=O)N(Cc1ccco1)Cc1cccn1C)C(=O)Nc1ccccc1C. The fraction of sp³-hybridized carbons (Fsp3) is 0.333. The van der Waals surface area contributed by atoms with Crippen molar-refractivity contribution in [2.24, 2.45) is 7.05 Å². The molecule has 2 heterocycles. The van der Waals surface area contributed by atoms with Gasteiger partial charge in [-0.05, 0) is 42.8 Å². The van der Waals surface area contributed by atoms with Gasteiger partial charge in [0, 0.05) is 38.3 Å². The molecule has 1 N–H and O–H groups in total. The monoisotopic (exact) mass is 438 g/mol. The predicted molar refractivity (Wildman–Crippen MR) is 122 cm³/mol. The molecule has 0 bridgehead atoms. The highest BCUT2D eigenvalue weighted by Gasteiger charge is 2.23. The first-order valence-electron chi connectivity index (χ1n) is 10.5. The standard InChI is InChI=1S/C24H30N4O4/c1-19-8-4-5-11-22(19)25-24(30)27(13-15-31-3)18-23(29)28(17-21-10-7-14-32-21)16-20-9-6-12-26(20)2/h4-12,14H,13,15-18H2,1-3H3,(H,25,30). The van der Waals surface area contributed by atoms with Crippen molar-refractivity contribution in [3.63, 3.8) is 0 Å². The summed E-state index contributed by atoms with van der Waals surface area (Å²) in [5, 5.41) is 2.90. The maximum absolute atomic E-state index is 13.3. The highest BCUT2D eigenvalue weighted by molar-refractivity contribution is 5.93. The van der Waals surface area contributed by atoms with Crippen molar-refractivity contribution in [3.8, 4) is 0 Å². The molecule has 32 heavy (non-hydrogen) atoms. The lowest BCUT2D eigenvalue weighted by atomic mass is 10.2. The number of nitrogens with one attached hydrogen (secondary N) is 1. The molecule has 0 fully saturated rings. The Labute approximate surface area is 188 Å². The first-order valence-corrected chi connectivity index (χ1v) is 10.5. The maximum Gasteiger partial charge on any atom is 0.322 e. The van der Waals surface area contributed by atoms with E-state index in [1.807, 2.05) is 67.2 Å². The molecule has 0 spiro atoms. The van der Waals surface area contributed by atoms with Crippen molar-refractivity contribution in [2.45, 2.75) is 20.0 Å². The number of carbonyl (C=O) groups excluding carboxylic acids is 2. The number of rotatable bonds is 10. The zero-order valence-electron chi connectivity index (χ0n) is 18.8. The van der Waals surface area contributed by atoms with Crippen LogP contribution in [0.3, 0.4) is 0 Å². The van der Waals surface area contributed by atoms with Gasteiger partial charge in [-0.2, -0.15) is 0 Å². The average Bonchev–Trinajstić information content (AvgIpc) is 3.44. The predicted octanol–water partition coefficient (Wildman–Crippen LogP) is 3.64. The summed E-state index contributed by atoms with van der Waals surface area (Å²) in [7, 11) is 3.50. The van der Waals surface area contributed by atoms with Crippen LogP contribution in [-0.2, 0) is 29.7 Å². The molecule has 8 heteroatoms. The van der Waals surface area contributed by atoms with Gasteiger partial charge in [0.2, 0.25) is 5.91 Å². The van der Waals surface area contributed by atoms with Gasteiger partial charge in [0.15, 0.2) is 0 Å². The van der Waals surface area contributed by atoms with E-state index in [0.717, 1.165) is 11.3 Å². The Bertz CT molecular complexity index is 1010. The van der Waals surface area contributed by atoms with Gasteiger partial charge in [0.05, 0.1) is 26.0 Å². The first kappa shape index (κ1) is 23.1. The fourth-order valence-corrected chi connectivity index (χ4v) is 3.30. The van der Waals surface area contributed by atoms with Crippen molar-refractivity contribution < 1.29 is 18.7 Å². The molecule has 1 aromatic carbocycles. The Kier molecular flexibility index (Phi) is 8.10. The molecular weight excluding hydrogens is 408 g/mol. The summed E-state index contributed by atoms with van der Waals surface area (Å²) in [6.07, 6.45) is 3.52. The highest BCUT2D eigenvalue weighted by atomic mass is 16.5. The van der Waals surface area contributed by atoms with Crippen molar-refractivity contribution >= 4 is 17.6 Å². The number of hydrogen-bond donors (Lipinski definition) is 1. The zero-order valence-corrected chi connectivity index (χ0v) is 18.8. The molecule has 2 aromatic heterocycles. The van der Waals surface area contributed by atoms with Gasteiger partial charge in [-0.1, -0.05) is 18.2 Å². The number of carbonyl (C=O) groups is 2. The Morgan fingerprint density at radius 1 is 1.06 bits per heavy atom. The minimum atomic E-state index is -0.346. The second-order valence-electron chi connectivity index (χ2n) is 7.60. The molecular formula is C24H30N4O4. The lowest BCUT2D eigenvalue weighted by Gasteiger charge is -2.27. The molecule has 8 nitrogen and oxygen atoms in total. The van der Waals surface area contributed by atoms with Gasteiger partial charge in [-0.25, -0.2) is 4.79 Å². The van der Waals surface area contributed by atoms with Crippen LogP contribution in [0.2, 0.25) is 0 Å². The number of aryl methyl sites for hydroxylation is 2. The molecule has 0 aliphatic carbocycles. The number of benzene rings is 1. The quantitative estimate of drug-likeness (QED) is 0.524. The molecule has 0 radical (unpaired) electrons. The number of ether oxygens (including phenoxy) is 1. The summed E-state index contributed by atoms with van der Waals surface area (Å²) in [5.74, 6) is 0.499. The summed E-state index contributed by atoms with van der Waals surface area (Å²) in [6, 6.07) is 14.7. The lowest BCUT2D eigenvalue weighted by molar-refractivity contribution is -0.133. The Hall–Kier alpha value is -3.52. The summed E-state index contributed by atoms with van der Waals surface area (Å²) in [5.41, 5.74) is 2.64. The van der Waals surface area contributed by atoms with Crippen LogP contribution in [0.5, 0.6) is 0 Å². The third-order valence-corrected chi connectivity index (χ3v) is 5.25. The van der Waals surface area contributed by atoms with E-state index in [1.54, 1.807) is 24.3 Å². The van der Waals surface area contributed by atoms with Crippen molar-refractivity contribution in [3.05, 3.63) is 78.0 Å². The largest absolute Gasteiger partial charge is 0.467 e. The second-order valence-corrected chi connectivity index (χ2v) is 7.60. The van der Waals surface area contributed by atoms with E-state index in [9.17, 15) is 9.59 Å². The molecule has 0 saturated carbocycles. The van der Waals surface area contributed by atoms with Gasteiger partial charge in [-0.15, -0.1) is 0 Å². The number of urea groups is 1. The number of nitrogens with zero attached hydrogens (tertiary/aromatic N) is 3. The summed E-state index contributed by atoms with van der Waals surface area (Å²) in [4.78, 5) is 29.5. The molecule has 0 aliphatic heterocycles. The average molecular weight is 439 g/mol. The first-order chi connectivity index (χ1) is 15.5. The maximum atomic E-state index is 13.3. The molecule has 0 atom stereocenters. The van der Waals surface area contributed by atoms with Crippen LogP contribution in [0, 0.1) is 6.92 Å². The summed E-state index contributed by atoms with van der Waals surface area (Å²) in [6.45, 7) is 3.18. The van der Waals surface area contributed by atoms with Crippen LogP contribution in [0.4, 0.5) is 10.5 Å². The summed E-state index contributed by atoms with van der Waals surface area (Å²) < 4.78 is 12.6. The Morgan fingerprint density at radius 2 is 1.88 bits per heavy atom. The number of para-hydroxylation sites is 1. The minimum Gasteiger partial charge on any atom is -0.467 e. The Balaban J connectivity index is 1.75. The molecule has 3 aromatic rings. The second kappa shape index (κ2) is 11.2. The van der Waals surface area contributed by atoms with Crippen LogP contribution in [0.15, 0.2) is 65.4 Å². The number of amides is 3. The molecule has 0 unspecified atom stereocenters. The number of methoxy groups -OCH3 is 1. The topological polar surface area (TPSA) is 80.0 Å². The van der Waals surface area contributed by atoms with Gasteiger partial charge in [-0.3, -0.25) is 4.79 Å². The lowest BCUT2D eigenvalue weighted by Crippen LogP contribution is -2.45. The zero-order chi connectivity index (χ0) is 22.9. The minimum absolute atomic E-state index is 0.0772. The van der Waals surface area contributed by atoms with Gasteiger partial charge < -0.3 is 28.8 Å². The normalized spacial score (nSPS) is 10.7. The number of furan rings is 1. The molecule has 0 saturated heterocycles. The number of anilines is 1. The van der Waals surface area contributed by atoms with E-state index in [2.05, 4.69) is 5.32 Å². The third-order valence-electron chi connectivity index (χ3n) is 5.25. The van der Waals surface area contributed by atoms with Crippen LogP contribution < -0.4 is 5.32 Å². The van der Waals surface area contributed by atoms with Gasteiger partial charge in [0.1, 0.15) is 12.3 Å². The highest BCUT2D eigenvalue weighted by Crippen LogP contribution is 2.15. The Morgan fingerprint density at radius 3 is 2.53 bits per heavy atom.